The molecule has 1 saturated heterocycles. The van der Waals surface area contributed by atoms with Gasteiger partial charge < -0.3 is 10.6 Å². The van der Waals surface area contributed by atoms with Crippen molar-refractivity contribution in [2.75, 3.05) is 18.8 Å². The third-order valence-corrected chi connectivity index (χ3v) is 5.84. The number of thiophene rings is 1. The number of carbonyl (C=O) groups is 1. The lowest BCUT2D eigenvalue weighted by Crippen LogP contribution is -2.36. The number of aryl methyl sites for hydroxylation is 1. The van der Waals surface area contributed by atoms with Gasteiger partial charge in [-0.3, -0.25) is 4.79 Å². The summed E-state index contributed by atoms with van der Waals surface area (Å²) in [6.45, 7) is 6.38. The molecule has 1 fully saturated rings. The van der Waals surface area contributed by atoms with Gasteiger partial charge in [-0.25, -0.2) is 0 Å². The van der Waals surface area contributed by atoms with Gasteiger partial charge in [0.05, 0.1) is 5.75 Å². The zero-order valence-electron chi connectivity index (χ0n) is 12.3. The van der Waals surface area contributed by atoms with Crippen molar-refractivity contribution in [2.24, 2.45) is 0 Å². The first kappa shape index (κ1) is 15.9. The van der Waals surface area contributed by atoms with Crippen molar-refractivity contribution < 1.29 is 4.79 Å². The van der Waals surface area contributed by atoms with Gasteiger partial charge in [0.1, 0.15) is 0 Å². The van der Waals surface area contributed by atoms with E-state index < -0.39 is 0 Å². The van der Waals surface area contributed by atoms with Crippen molar-refractivity contribution >= 4 is 29.0 Å². The van der Waals surface area contributed by atoms with Gasteiger partial charge in [0.2, 0.25) is 5.91 Å². The van der Waals surface area contributed by atoms with Crippen LogP contribution >= 0.6 is 23.1 Å². The third kappa shape index (κ3) is 5.46. The van der Waals surface area contributed by atoms with Crippen molar-refractivity contribution in [2.45, 2.75) is 44.4 Å². The topological polar surface area (TPSA) is 41.1 Å². The smallest absolute Gasteiger partial charge is 0.230 e. The van der Waals surface area contributed by atoms with E-state index >= 15 is 0 Å². The van der Waals surface area contributed by atoms with E-state index in [1.807, 2.05) is 23.1 Å². The maximum atomic E-state index is 11.9. The summed E-state index contributed by atoms with van der Waals surface area (Å²) in [5.41, 5.74) is 0. The highest BCUT2D eigenvalue weighted by Crippen LogP contribution is 2.20. The van der Waals surface area contributed by atoms with Crippen molar-refractivity contribution in [3.05, 3.63) is 21.9 Å². The summed E-state index contributed by atoms with van der Waals surface area (Å²) in [4.78, 5) is 14.6. The number of hydrogen-bond acceptors (Lipinski definition) is 4. The van der Waals surface area contributed by atoms with E-state index in [0.29, 0.717) is 11.0 Å². The zero-order chi connectivity index (χ0) is 14.4. The largest absolute Gasteiger partial charge is 0.353 e. The number of rotatable bonds is 6. The number of piperidine rings is 1. The number of nitrogens with one attached hydrogen (secondary N) is 2. The molecule has 1 unspecified atom stereocenters. The van der Waals surface area contributed by atoms with Crippen LogP contribution in [0, 0.1) is 6.92 Å². The number of hydrogen-bond donors (Lipinski definition) is 2. The van der Waals surface area contributed by atoms with Crippen LogP contribution in [-0.2, 0) is 11.2 Å². The average molecular weight is 313 g/mol. The minimum Gasteiger partial charge on any atom is -0.353 e. The summed E-state index contributed by atoms with van der Waals surface area (Å²) in [7, 11) is 0. The van der Waals surface area contributed by atoms with Gasteiger partial charge in [0.25, 0.3) is 0 Å². The molecule has 2 N–H and O–H groups in total. The molecular weight excluding hydrogens is 288 g/mol. The van der Waals surface area contributed by atoms with E-state index in [9.17, 15) is 4.79 Å². The van der Waals surface area contributed by atoms with Crippen LogP contribution in [0.25, 0.3) is 0 Å². The zero-order valence-corrected chi connectivity index (χ0v) is 13.9. The molecule has 1 aromatic heterocycles. The van der Waals surface area contributed by atoms with Crippen LogP contribution in [0.2, 0.25) is 0 Å². The fourth-order valence-electron chi connectivity index (χ4n) is 2.42. The van der Waals surface area contributed by atoms with E-state index in [-0.39, 0.29) is 11.9 Å². The van der Waals surface area contributed by atoms with Gasteiger partial charge in [0, 0.05) is 27.5 Å². The molecule has 2 rings (SSSR count). The molecule has 3 nitrogen and oxygen atoms in total. The standard InChI is InChI=1S/C15H24N2OS2/c1-11(9-14-4-3-12(2)20-14)17-15(18)10-19-13-5-7-16-8-6-13/h3-4,11,13,16H,5-10H2,1-2H3,(H,17,18). The molecule has 1 aliphatic heterocycles. The predicted octanol–water partition coefficient (Wildman–Crippen LogP) is 2.59. The lowest BCUT2D eigenvalue weighted by molar-refractivity contribution is -0.119. The molecule has 0 aliphatic carbocycles. The molecule has 1 aliphatic rings. The first-order chi connectivity index (χ1) is 9.63. The van der Waals surface area contributed by atoms with Crippen molar-refractivity contribution in [3.8, 4) is 0 Å². The van der Waals surface area contributed by atoms with Crippen LogP contribution in [0.5, 0.6) is 0 Å². The van der Waals surface area contributed by atoms with Gasteiger partial charge in [0.15, 0.2) is 0 Å². The van der Waals surface area contributed by atoms with Crippen LogP contribution in [0.1, 0.15) is 29.5 Å². The Labute approximate surface area is 129 Å². The van der Waals surface area contributed by atoms with Crippen LogP contribution in [0.15, 0.2) is 12.1 Å². The minimum atomic E-state index is 0.175. The molecule has 1 atom stereocenters. The Hall–Kier alpha value is -0.520. The monoisotopic (exact) mass is 312 g/mol. The fourth-order valence-corrected chi connectivity index (χ4v) is 4.48. The van der Waals surface area contributed by atoms with Crippen LogP contribution in [0.3, 0.4) is 0 Å². The summed E-state index contributed by atoms with van der Waals surface area (Å²) >= 11 is 3.62. The highest BCUT2D eigenvalue weighted by molar-refractivity contribution is 8.00. The summed E-state index contributed by atoms with van der Waals surface area (Å²) in [5, 5.41) is 7.11. The van der Waals surface area contributed by atoms with Crippen molar-refractivity contribution in [1.82, 2.24) is 10.6 Å². The molecule has 1 amide bonds. The lowest BCUT2D eigenvalue weighted by Gasteiger charge is -2.22. The Kier molecular flexibility index (Phi) is 6.39. The van der Waals surface area contributed by atoms with Gasteiger partial charge in [-0.05, 0) is 51.9 Å². The predicted molar refractivity (Wildman–Crippen MR) is 88.7 cm³/mol. The second-order valence-corrected chi connectivity index (χ2v) is 8.11. The summed E-state index contributed by atoms with van der Waals surface area (Å²) < 4.78 is 0. The van der Waals surface area contributed by atoms with Crippen molar-refractivity contribution in [1.29, 1.82) is 0 Å². The van der Waals surface area contributed by atoms with E-state index in [1.54, 1.807) is 0 Å². The number of amides is 1. The number of carbonyl (C=O) groups excluding carboxylic acids is 1. The lowest BCUT2D eigenvalue weighted by atomic mass is 10.2. The molecule has 0 radical (unpaired) electrons. The maximum absolute atomic E-state index is 11.9. The molecule has 0 aromatic carbocycles. The van der Waals surface area contributed by atoms with Crippen LogP contribution in [-0.4, -0.2) is 36.0 Å². The Morgan fingerprint density at radius 1 is 1.50 bits per heavy atom. The molecule has 1 aromatic rings. The molecule has 0 saturated carbocycles. The normalized spacial score (nSPS) is 17.9. The molecule has 20 heavy (non-hydrogen) atoms. The summed E-state index contributed by atoms with van der Waals surface area (Å²) in [6, 6.07) is 4.52. The Morgan fingerprint density at radius 3 is 2.90 bits per heavy atom. The van der Waals surface area contributed by atoms with Crippen molar-refractivity contribution in [3.63, 3.8) is 0 Å². The molecule has 0 spiro atoms. The average Bonchev–Trinajstić information content (AvgIpc) is 2.83. The van der Waals surface area contributed by atoms with Gasteiger partial charge in [-0.15, -0.1) is 23.1 Å². The third-order valence-electron chi connectivity index (χ3n) is 3.45. The molecule has 112 valence electrons. The number of thioether (sulfide) groups is 1. The maximum Gasteiger partial charge on any atom is 0.230 e. The Morgan fingerprint density at radius 2 is 2.25 bits per heavy atom. The summed E-state index contributed by atoms with van der Waals surface area (Å²) in [5.74, 6) is 0.771. The molecule has 5 heteroatoms. The van der Waals surface area contributed by atoms with E-state index in [4.69, 9.17) is 0 Å². The fraction of sp³-hybridized carbons (Fsp3) is 0.667. The second-order valence-electron chi connectivity index (χ2n) is 5.45. The van der Waals surface area contributed by atoms with Crippen LogP contribution < -0.4 is 10.6 Å². The second kappa shape index (κ2) is 8.05. The highest BCUT2D eigenvalue weighted by Gasteiger charge is 2.16. The summed E-state index contributed by atoms with van der Waals surface area (Å²) in [6.07, 6.45) is 3.30. The van der Waals surface area contributed by atoms with Crippen LogP contribution in [0.4, 0.5) is 0 Å². The van der Waals surface area contributed by atoms with Gasteiger partial charge in [-0.2, -0.15) is 0 Å². The van der Waals surface area contributed by atoms with E-state index in [2.05, 4.69) is 36.6 Å². The minimum absolute atomic E-state index is 0.175. The first-order valence-electron chi connectivity index (χ1n) is 7.30. The van der Waals surface area contributed by atoms with Gasteiger partial charge >= 0.3 is 0 Å². The Bertz CT molecular complexity index is 427. The molecule has 0 bridgehead atoms. The first-order valence-corrected chi connectivity index (χ1v) is 9.17. The van der Waals surface area contributed by atoms with E-state index in [0.717, 1.165) is 19.5 Å². The highest BCUT2D eigenvalue weighted by atomic mass is 32.2. The quantitative estimate of drug-likeness (QED) is 0.848. The van der Waals surface area contributed by atoms with Gasteiger partial charge in [-0.1, -0.05) is 0 Å². The molecular formula is C15H24N2OS2. The Balaban J connectivity index is 1.65. The van der Waals surface area contributed by atoms with E-state index in [1.165, 1.54) is 22.6 Å². The molecule has 2 heterocycles. The SMILES string of the molecule is Cc1ccc(CC(C)NC(=O)CSC2CCNCC2)s1.